The van der Waals surface area contributed by atoms with Crippen molar-refractivity contribution in [3.8, 4) is 0 Å². The molecule has 34 heavy (non-hydrogen) atoms. The zero-order valence-corrected chi connectivity index (χ0v) is 19.6. The van der Waals surface area contributed by atoms with Crippen LogP contribution >= 0.6 is 23.4 Å². The van der Waals surface area contributed by atoms with Crippen LogP contribution in [0.5, 0.6) is 0 Å². The van der Waals surface area contributed by atoms with Gasteiger partial charge >= 0.3 is 0 Å². The minimum absolute atomic E-state index is 0.0708. The van der Waals surface area contributed by atoms with Crippen LogP contribution in [-0.2, 0) is 16.1 Å². The number of rotatable bonds is 5. The van der Waals surface area contributed by atoms with E-state index < -0.39 is 29.7 Å². The van der Waals surface area contributed by atoms with Gasteiger partial charge in [-0.25, -0.2) is 4.42 Å². The van der Waals surface area contributed by atoms with Crippen LogP contribution in [0.1, 0.15) is 58.0 Å². The van der Waals surface area contributed by atoms with E-state index in [1.54, 1.807) is 22.6 Å². The van der Waals surface area contributed by atoms with Gasteiger partial charge in [-0.1, -0.05) is 17.7 Å². The third kappa shape index (κ3) is 4.06. The first kappa shape index (κ1) is 22.8. The Morgan fingerprint density at radius 1 is 1.09 bits per heavy atom. The number of halogens is 2. The molecule has 1 atom stereocenters. The smallest absolute Gasteiger partial charge is 0.264 e. The number of nitrogens with one attached hydrogen (secondary N) is 2. The third-order valence-corrected chi connectivity index (χ3v) is 7.13. The van der Waals surface area contributed by atoms with Crippen molar-refractivity contribution >= 4 is 52.7 Å². The molecule has 10 nitrogen and oxygen atoms in total. The average Bonchev–Trinajstić information content (AvgIpc) is 3.30. The summed E-state index contributed by atoms with van der Waals surface area (Å²) in [5.41, 5.74) is 1.64. The SMILES string of the molecule is O=C1CCC(N2C(=O)c3cccc(NCc4cn(C5CCN(Cl)CC5)nc4Cl)c3C2=O)C(=O)N1. The highest BCUT2D eigenvalue weighted by atomic mass is 35.5. The van der Waals surface area contributed by atoms with Crippen molar-refractivity contribution in [3.05, 3.63) is 46.2 Å². The molecule has 0 radical (unpaired) electrons. The molecule has 4 heterocycles. The van der Waals surface area contributed by atoms with Crippen LogP contribution in [0.3, 0.4) is 0 Å². The van der Waals surface area contributed by atoms with E-state index >= 15 is 0 Å². The maximum atomic E-state index is 13.2. The van der Waals surface area contributed by atoms with Gasteiger partial charge in [0.25, 0.3) is 11.8 Å². The second kappa shape index (κ2) is 9.01. The van der Waals surface area contributed by atoms with E-state index in [1.807, 2.05) is 10.9 Å². The molecule has 0 aliphatic carbocycles. The van der Waals surface area contributed by atoms with Crippen molar-refractivity contribution in [1.29, 1.82) is 0 Å². The van der Waals surface area contributed by atoms with Gasteiger partial charge in [0.15, 0.2) is 5.15 Å². The molecule has 2 aromatic rings. The number of benzene rings is 1. The highest BCUT2D eigenvalue weighted by Crippen LogP contribution is 2.33. The van der Waals surface area contributed by atoms with E-state index in [4.69, 9.17) is 23.4 Å². The van der Waals surface area contributed by atoms with E-state index in [-0.39, 0.29) is 30.0 Å². The van der Waals surface area contributed by atoms with Gasteiger partial charge in [0.2, 0.25) is 11.8 Å². The molecule has 3 aliphatic heterocycles. The maximum Gasteiger partial charge on any atom is 0.264 e. The Morgan fingerprint density at radius 2 is 1.85 bits per heavy atom. The lowest BCUT2D eigenvalue weighted by atomic mass is 10.0. The first-order valence-electron chi connectivity index (χ1n) is 11.1. The summed E-state index contributed by atoms with van der Waals surface area (Å²) in [5.74, 6) is -2.16. The summed E-state index contributed by atoms with van der Waals surface area (Å²) < 4.78 is 3.62. The molecule has 2 fully saturated rings. The van der Waals surface area contributed by atoms with E-state index in [2.05, 4.69) is 15.7 Å². The molecule has 178 valence electrons. The Bertz CT molecular complexity index is 1190. The molecule has 1 aromatic carbocycles. The van der Waals surface area contributed by atoms with Crippen molar-refractivity contribution < 1.29 is 19.2 Å². The normalized spacial score (nSPS) is 21.7. The van der Waals surface area contributed by atoms with Gasteiger partial charge in [0.1, 0.15) is 6.04 Å². The Kier molecular flexibility index (Phi) is 6.05. The zero-order chi connectivity index (χ0) is 24.0. The number of fused-ring (bicyclic) bond motifs is 1. The molecule has 5 rings (SSSR count). The lowest BCUT2D eigenvalue weighted by molar-refractivity contribution is -0.136. The first-order chi connectivity index (χ1) is 16.3. The first-order valence-corrected chi connectivity index (χ1v) is 11.8. The lowest BCUT2D eigenvalue weighted by Crippen LogP contribution is -2.54. The van der Waals surface area contributed by atoms with Gasteiger partial charge in [-0.2, -0.15) is 5.10 Å². The van der Waals surface area contributed by atoms with Crippen LogP contribution in [0.25, 0.3) is 0 Å². The number of hydrogen-bond acceptors (Lipinski definition) is 7. The van der Waals surface area contributed by atoms with Crippen LogP contribution in [0.2, 0.25) is 5.15 Å². The molecule has 0 bridgehead atoms. The maximum absolute atomic E-state index is 13.2. The van der Waals surface area contributed by atoms with E-state index in [1.165, 1.54) is 0 Å². The summed E-state index contributed by atoms with van der Waals surface area (Å²) in [7, 11) is 0. The molecule has 0 saturated carbocycles. The van der Waals surface area contributed by atoms with E-state index in [0.29, 0.717) is 17.4 Å². The van der Waals surface area contributed by atoms with Crippen LogP contribution < -0.4 is 10.6 Å². The summed E-state index contributed by atoms with van der Waals surface area (Å²) in [6, 6.07) is 4.13. The quantitative estimate of drug-likeness (QED) is 0.473. The van der Waals surface area contributed by atoms with E-state index in [9.17, 15) is 19.2 Å². The molecule has 0 spiro atoms. The molecule has 3 aliphatic rings. The van der Waals surface area contributed by atoms with Crippen molar-refractivity contribution in [2.75, 3.05) is 18.4 Å². The Hall–Kier alpha value is -2.95. The molecule has 12 heteroatoms. The fraction of sp³-hybridized carbons (Fsp3) is 0.409. The van der Waals surface area contributed by atoms with Crippen LogP contribution in [-0.4, -0.2) is 61.9 Å². The number of hydrogen-bond donors (Lipinski definition) is 2. The van der Waals surface area contributed by atoms with Crippen molar-refractivity contribution in [1.82, 2.24) is 24.4 Å². The van der Waals surface area contributed by atoms with Gasteiger partial charge < -0.3 is 5.32 Å². The predicted molar refractivity (Wildman–Crippen MR) is 123 cm³/mol. The van der Waals surface area contributed by atoms with E-state index in [0.717, 1.165) is 36.4 Å². The second-order valence-electron chi connectivity index (χ2n) is 8.60. The standard InChI is InChI=1S/C22H22Cl2N6O4/c23-19-12(11-29(27-19)13-6-8-28(24)9-7-13)10-25-15-3-1-2-14-18(15)22(34)30(21(14)33)16-4-5-17(31)26-20(16)32/h1-3,11,13,16,25H,4-10H2,(H,26,31,32). The molecule has 2 saturated heterocycles. The number of nitrogens with zero attached hydrogens (tertiary/aromatic N) is 4. The van der Waals surface area contributed by atoms with Crippen molar-refractivity contribution in [3.63, 3.8) is 0 Å². The fourth-order valence-corrected chi connectivity index (χ4v) is 5.06. The molecule has 1 aromatic heterocycles. The Labute approximate surface area is 205 Å². The summed E-state index contributed by atoms with van der Waals surface area (Å²) in [5, 5.41) is 10.2. The number of aromatic nitrogens is 2. The Balaban J connectivity index is 1.33. The lowest BCUT2D eigenvalue weighted by Gasteiger charge is -2.27. The topological polar surface area (TPSA) is 117 Å². The summed E-state index contributed by atoms with van der Waals surface area (Å²) >= 11 is 12.4. The summed E-state index contributed by atoms with van der Waals surface area (Å²) in [6.45, 7) is 1.84. The number of imide groups is 2. The minimum Gasteiger partial charge on any atom is -0.380 e. The molecular weight excluding hydrogens is 483 g/mol. The largest absolute Gasteiger partial charge is 0.380 e. The van der Waals surface area contributed by atoms with Gasteiger partial charge in [0, 0.05) is 43.5 Å². The number of carbonyl (C=O) groups excluding carboxylic acids is 4. The molecule has 1 unspecified atom stereocenters. The number of anilines is 1. The van der Waals surface area contributed by atoms with Gasteiger partial charge in [-0.3, -0.25) is 34.1 Å². The molecular formula is C22H22Cl2N6O4. The van der Waals surface area contributed by atoms with Crippen LogP contribution in [0.4, 0.5) is 5.69 Å². The van der Waals surface area contributed by atoms with Gasteiger partial charge in [0.05, 0.1) is 17.2 Å². The van der Waals surface area contributed by atoms with Gasteiger partial charge in [-0.15, -0.1) is 0 Å². The van der Waals surface area contributed by atoms with Crippen molar-refractivity contribution in [2.45, 2.75) is 44.3 Å². The van der Waals surface area contributed by atoms with Crippen molar-refractivity contribution in [2.24, 2.45) is 0 Å². The summed E-state index contributed by atoms with van der Waals surface area (Å²) in [4.78, 5) is 50.9. The fourth-order valence-electron chi connectivity index (χ4n) is 4.66. The average molecular weight is 505 g/mol. The minimum atomic E-state index is -1.01. The van der Waals surface area contributed by atoms with Crippen LogP contribution in [0.15, 0.2) is 24.4 Å². The number of piperidine rings is 2. The van der Waals surface area contributed by atoms with Gasteiger partial charge in [-0.05, 0) is 43.2 Å². The number of carbonyl (C=O) groups is 4. The zero-order valence-electron chi connectivity index (χ0n) is 18.1. The second-order valence-corrected chi connectivity index (χ2v) is 9.43. The summed E-state index contributed by atoms with van der Waals surface area (Å²) in [6.07, 6.45) is 3.80. The number of amides is 4. The van der Waals surface area contributed by atoms with Crippen LogP contribution in [0, 0.1) is 0 Å². The monoisotopic (exact) mass is 504 g/mol. The molecule has 4 amide bonds. The Morgan fingerprint density at radius 3 is 2.59 bits per heavy atom. The third-order valence-electron chi connectivity index (χ3n) is 6.48. The highest BCUT2D eigenvalue weighted by Gasteiger charge is 2.45. The predicted octanol–water partition coefficient (Wildman–Crippen LogP) is 2.34. The molecule has 2 N–H and O–H groups in total. The highest BCUT2D eigenvalue weighted by molar-refractivity contribution is 6.30.